The zero-order chi connectivity index (χ0) is 12.3. The fraction of sp³-hybridized carbons (Fsp3) is 0.571. The van der Waals surface area contributed by atoms with E-state index in [0.717, 1.165) is 23.5 Å². The Morgan fingerprint density at radius 1 is 1.35 bits per heavy atom. The van der Waals surface area contributed by atoms with Gasteiger partial charge in [-0.2, -0.15) is 0 Å². The summed E-state index contributed by atoms with van der Waals surface area (Å²) in [5.74, 6) is 0.855. The lowest BCUT2D eigenvalue weighted by molar-refractivity contribution is 0.521. The van der Waals surface area contributed by atoms with Crippen LogP contribution in [-0.2, 0) is 6.54 Å². The molecular formula is C14H21BrN2. The number of nitrogens with zero attached hydrogens (tertiary/aromatic N) is 1. The molecule has 17 heavy (non-hydrogen) atoms. The van der Waals surface area contributed by atoms with E-state index in [9.17, 15) is 0 Å². The van der Waals surface area contributed by atoms with E-state index in [1.54, 1.807) is 0 Å². The van der Waals surface area contributed by atoms with Crippen LogP contribution < -0.4 is 10.6 Å². The minimum atomic E-state index is 0.620. The van der Waals surface area contributed by atoms with Crippen LogP contribution in [0.1, 0.15) is 31.7 Å². The lowest BCUT2D eigenvalue weighted by Gasteiger charge is -2.25. The molecule has 1 atom stereocenters. The molecule has 0 aliphatic carbocycles. The van der Waals surface area contributed by atoms with Gasteiger partial charge in [0.2, 0.25) is 0 Å². The van der Waals surface area contributed by atoms with E-state index in [2.05, 4.69) is 46.0 Å². The van der Waals surface area contributed by atoms with E-state index < -0.39 is 0 Å². The minimum absolute atomic E-state index is 0.620. The molecule has 2 rings (SSSR count). The molecule has 0 aromatic heterocycles. The average Bonchev–Trinajstić information content (AvgIpc) is 2.54. The number of nitrogens with two attached hydrogens (primary N) is 1. The summed E-state index contributed by atoms with van der Waals surface area (Å²) in [7, 11) is 0. The van der Waals surface area contributed by atoms with Gasteiger partial charge in [0.25, 0.3) is 0 Å². The van der Waals surface area contributed by atoms with Crippen molar-refractivity contribution in [3.8, 4) is 0 Å². The molecule has 1 aliphatic rings. The quantitative estimate of drug-likeness (QED) is 0.904. The number of rotatable bonds is 2. The Morgan fingerprint density at radius 2 is 2.18 bits per heavy atom. The van der Waals surface area contributed by atoms with Gasteiger partial charge in [0.1, 0.15) is 0 Å². The summed E-state index contributed by atoms with van der Waals surface area (Å²) < 4.78 is 1.14. The highest BCUT2D eigenvalue weighted by Crippen LogP contribution is 2.28. The predicted octanol–water partition coefficient (Wildman–Crippen LogP) is 3.53. The van der Waals surface area contributed by atoms with Crippen LogP contribution in [0.4, 0.5) is 5.69 Å². The Balaban J connectivity index is 2.22. The zero-order valence-corrected chi connectivity index (χ0v) is 12.0. The molecule has 1 saturated heterocycles. The summed E-state index contributed by atoms with van der Waals surface area (Å²) in [6.45, 7) is 5.29. The van der Waals surface area contributed by atoms with E-state index in [0.29, 0.717) is 6.54 Å². The van der Waals surface area contributed by atoms with Crippen molar-refractivity contribution >= 4 is 21.6 Å². The third kappa shape index (κ3) is 3.23. The van der Waals surface area contributed by atoms with Crippen LogP contribution in [0.25, 0.3) is 0 Å². The highest BCUT2D eigenvalue weighted by atomic mass is 79.9. The monoisotopic (exact) mass is 296 g/mol. The van der Waals surface area contributed by atoms with Gasteiger partial charge in [-0.1, -0.05) is 28.9 Å². The molecule has 1 fully saturated rings. The van der Waals surface area contributed by atoms with Crippen LogP contribution in [-0.4, -0.2) is 13.1 Å². The van der Waals surface area contributed by atoms with E-state index in [4.69, 9.17) is 5.73 Å². The number of halogens is 1. The normalized spacial score (nSPS) is 21.4. The lowest BCUT2D eigenvalue weighted by atomic mass is 10.0. The summed E-state index contributed by atoms with van der Waals surface area (Å²) in [4.78, 5) is 2.50. The fourth-order valence-corrected chi connectivity index (χ4v) is 2.86. The molecular weight excluding hydrogens is 276 g/mol. The number of anilines is 1. The molecule has 1 aromatic carbocycles. The molecule has 0 bridgehead atoms. The van der Waals surface area contributed by atoms with E-state index in [1.165, 1.54) is 30.5 Å². The first kappa shape index (κ1) is 12.9. The van der Waals surface area contributed by atoms with Gasteiger partial charge in [-0.15, -0.1) is 0 Å². The van der Waals surface area contributed by atoms with Gasteiger partial charge in [0, 0.05) is 29.8 Å². The van der Waals surface area contributed by atoms with Gasteiger partial charge in [-0.05, 0) is 42.9 Å². The standard InChI is InChI=1S/C14H21BrN2/c1-11-3-2-7-17(8-6-11)14-9-13(15)5-4-12(14)10-16/h4-5,9,11H,2-3,6-8,10,16H2,1H3. The molecule has 1 heterocycles. The van der Waals surface area contributed by atoms with Gasteiger partial charge in [0.05, 0.1) is 0 Å². The molecule has 0 amide bonds. The van der Waals surface area contributed by atoms with Crippen LogP contribution in [0.3, 0.4) is 0 Å². The Labute approximate surface area is 112 Å². The zero-order valence-electron chi connectivity index (χ0n) is 10.5. The Bertz CT molecular complexity index is 378. The molecule has 0 spiro atoms. The van der Waals surface area contributed by atoms with Crippen LogP contribution in [0, 0.1) is 5.92 Å². The SMILES string of the molecule is CC1CCCN(c2cc(Br)ccc2CN)CC1. The summed E-state index contributed by atoms with van der Waals surface area (Å²) in [5.41, 5.74) is 8.40. The third-order valence-electron chi connectivity index (χ3n) is 3.62. The van der Waals surface area contributed by atoms with Crippen molar-refractivity contribution in [3.05, 3.63) is 28.2 Å². The second kappa shape index (κ2) is 5.87. The lowest BCUT2D eigenvalue weighted by Crippen LogP contribution is -2.25. The van der Waals surface area contributed by atoms with E-state index in [-0.39, 0.29) is 0 Å². The van der Waals surface area contributed by atoms with Crippen molar-refractivity contribution < 1.29 is 0 Å². The van der Waals surface area contributed by atoms with Crippen LogP contribution >= 0.6 is 15.9 Å². The first-order valence-corrected chi connectivity index (χ1v) is 7.23. The van der Waals surface area contributed by atoms with Crippen LogP contribution in [0.5, 0.6) is 0 Å². The Kier molecular flexibility index (Phi) is 4.46. The molecule has 2 N–H and O–H groups in total. The molecule has 0 saturated carbocycles. The van der Waals surface area contributed by atoms with Crippen molar-refractivity contribution in [2.45, 2.75) is 32.7 Å². The fourth-order valence-electron chi connectivity index (χ4n) is 2.51. The van der Waals surface area contributed by atoms with Crippen LogP contribution in [0.15, 0.2) is 22.7 Å². The van der Waals surface area contributed by atoms with Gasteiger partial charge in [0.15, 0.2) is 0 Å². The molecule has 94 valence electrons. The van der Waals surface area contributed by atoms with Gasteiger partial charge in [-0.25, -0.2) is 0 Å². The van der Waals surface area contributed by atoms with Crippen molar-refractivity contribution in [1.29, 1.82) is 0 Å². The smallest absolute Gasteiger partial charge is 0.0423 e. The van der Waals surface area contributed by atoms with Gasteiger partial charge in [-0.3, -0.25) is 0 Å². The van der Waals surface area contributed by atoms with Crippen molar-refractivity contribution in [3.63, 3.8) is 0 Å². The van der Waals surface area contributed by atoms with Gasteiger partial charge < -0.3 is 10.6 Å². The average molecular weight is 297 g/mol. The summed E-state index contributed by atoms with van der Waals surface area (Å²) in [6, 6.07) is 6.41. The second-order valence-corrected chi connectivity index (χ2v) is 5.92. The maximum Gasteiger partial charge on any atom is 0.0423 e. The Hall–Kier alpha value is -0.540. The third-order valence-corrected chi connectivity index (χ3v) is 4.12. The van der Waals surface area contributed by atoms with Crippen molar-refractivity contribution in [2.75, 3.05) is 18.0 Å². The highest BCUT2D eigenvalue weighted by molar-refractivity contribution is 9.10. The predicted molar refractivity (Wildman–Crippen MR) is 77.3 cm³/mol. The number of hydrogen-bond acceptors (Lipinski definition) is 2. The van der Waals surface area contributed by atoms with E-state index >= 15 is 0 Å². The van der Waals surface area contributed by atoms with Crippen LogP contribution in [0.2, 0.25) is 0 Å². The van der Waals surface area contributed by atoms with Crippen molar-refractivity contribution in [2.24, 2.45) is 11.7 Å². The second-order valence-electron chi connectivity index (χ2n) is 5.00. The Morgan fingerprint density at radius 3 is 2.94 bits per heavy atom. The molecule has 2 nitrogen and oxygen atoms in total. The number of hydrogen-bond donors (Lipinski definition) is 1. The summed E-state index contributed by atoms with van der Waals surface area (Å²) >= 11 is 3.56. The van der Waals surface area contributed by atoms with Gasteiger partial charge >= 0.3 is 0 Å². The number of benzene rings is 1. The first-order valence-electron chi connectivity index (χ1n) is 6.44. The first-order chi connectivity index (χ1) is 8.20. The highest BCUT2D eigenvalue weighted by Gasteiger charge is 2.16. The molecule has 1 unspecified atom stereocenters. The van der Waals surface area contributed by atoms with E-state index in [1.807, 2.05) is 0 Å². The topological polar surface area (TPSA) is 29.3 Å². The van der Waals surface area contributed by atoms with Crippen molar-refractivity contribution in [1.82, 2.24) is 0 Å². The summed E-state index contributed by atoms with van der Waals surface area (Å²) in [6.07, 6.45) is 3.93. The summed E-state index contributed by atoms with van der Waals surface area (Å²) in [5, 5.41) is 0. The maximum atomic E-state index is 5.83. The largest absolute Gasteiger partial charge is 0.371 e. The molecule has 1 aliphatic heterocycles. The maximum absolute atomic E-state index is 5.83. The molecule has 0 radical (unpaired) electrons. The molecule has 1 aromatic rings. The molecule has 3 heteroatoms. The minimum Gasteiger partial charge on any atom is -0.371 e.